The standard InChI is InChI=1S/C14H20N2O2/c1-2-16-14(17)7-8-18-11-4-5-12-10(9-11)3-6-13(12)15/h4-5,9,13H,2-3,6-8,15H2,1H3,(H,16,17). The average molecular weight is 248 g/mol. The molecule has 1 amide bonds. The van der Waals surface area contributed by atoms with Gasteiger partial charge in [0.05, 0.1) is 13.0 Å². The van der Waals surface area contributed by atoms with Crippen molar-refractivity contribution in [3.63, 3.8) is 0 Å². The van der Waals surface area contributed by atoms with Crippen molar-refractivity contribution in [3.8, 4) is 5.75 Å². The van der Waals surface area contributed by atoms with Crippen LogP contribution in [-0.4, -0.2) is 19.1 Å². The molecule has 1 aliphatic carbocycles. The van der Waals surface area contributed by atoms with Crippen molar-refractivity contribution >= 4 is 5.91 Å². The maximum atomic E-state index is 11.3. The molecule has 0 saturated heterocycles. The largest absolute Gasteiger partial charge is 0.493 e. The van der Waals surface area contributed by atoms with E-state index in [2.05, 4.69) is 5.32 Å². The number of carbonyl (C=O) groups excluding carboxylic acids is 1. The van der Waals surface area contributed by atoms with Crippen molar-refractivity contribution in [1.29, 1.82) is 0 Å². The Balaban J connectivity index is 1.86. The van der Waals surface area contributed by atoms with Gasteiger partial charge in [0.2, 0.25) is 5.91 Å². The Morgan fingerprint density at radius 1 is 1.56 bits per heavy atom. The highest BCUT2D eigenvalue weighted by atomic mass is 16.5. The predicted octanol–water partition coefficient (Wildman–Crippen LogP) is 1.54. The molecule has 0 bridgehead atoms. The molecule has 98 valence electrons. The second-order valence-electron chi connectivity index (χ2n) is 4.56. The van der Waals surface area contributed by atoms with Gasteiger partial charge in [-0.2, -0.15) is 0 Å². The second-order valence-corrected chi connectivity index (χ2v) is 4.56. The number of ether oxygens (including phenoxy) is 1. The minimum absolute atomic E-state index is 0.0284. The van der Waals surface area contributed by atoms with Crippen LogP contribution in [0.1, 0.15) is 36.9 Å². The van der Waals surface area contributed by atoms with Gasteiger partial charge in [-0.05, 0) is 43.0 Å². The summed E-state index contributed by atoms with van der Waals surface area (Å²) >= 11 is 0. The zero-order chi connectivity index (χ0) is 13.0. The first-order valence-electron chi connectivity index (χ1n) is 6.48. The Bertz CT molecular complexity index is 432. The quantitative estimate of drug-likeness (QED) is 0.830. The number of aryl methyl sites for hydroxylation is 1. The van der Waals surface area contributed by atoms with Gasteiger partial charge in [-0.25, -0.2) is 0 Å². The van der Waals surface area contributed by atoms with Gasteiger partial charge in [0.15, 0.2) is 0 Å². The zero-order valence-electron chi connectivity index (χ0n) is 10.7. The number of amides is 1. The van der Waals surface area contributed by atoms with Crippen LogP contribution in [0.15, 0.2) is 18.2 Å². The van der Waals surface area contributed by atoms with Crippen LogP contribution in [0.25, 0.3) is 0 Å². The highest BCUT2D eigenvalue weighted by molar-refractivity contribution is 5.75. The molecule has 0 saturated carbocycles. The van der Waals surface area contributed by atoms with E-state index < -0.39 is 0 Å². The summed E-state index contributed by atoms with van der Waals surface area (Å²) in [5.74, 6) is 0.854. The molecule has 2 rings (SSSR count). The fourth-order valence-corrected chi connectivity index (χ4v) is 2.26. The number of rotatable bonds is 5. The topological polar surface area (TPSA) is 64.3 Å². The van der Waals surface area contributed by atoms with E-state index in [1.807, 2.05) is 25.1 Å². The first kappa shape index (κ1) is 12.9. The average Bonchev–Trinajstić information content (AvgIpc) is 2.71. The van der Waals surface area contributed by atoms with E-state index in [1.165, 1.54) is 11.1 Å². The summed E-state index contributed by atoms with van der Waals surface area (Å²) in [5, 5.41) is 2.74. The highest BCUT2D eigenvalue weighted by Gasteiger charge is 2.18. The Kier molecular flexibility index (Phi) is 4.20. The van der Waals surface area contributed by atoms with Gasteiger partial charge < -0.3 is 15.8 Å². The summed E-state index contributed by atoms with van der Waals surface area (Å²) in [6, 6.07) is 6.18. The first-order chi connectivity index (χ1) is 8.70. The molecular weight excluding hydrogens is 228 g/mol. The molecular formula is C14H20N2O2. The second kappa shape index (κ2) is 5.87. The minimum atomic E-state index is 0.0284. The Morgan fingerprint density at radius 3 is 3.17 bits per heavy atom. The number of hydrogen-bond donors (Lipinski definition) is 2. The van der Waals surface area contributed by atoms with E-state index >= 15 is 0 Å². The van der Waals surface area contributed by atoms with Gasteiger partial charge in [-0.1, -0.05) is 6.07 Å². The van der Waals surface area contributed by atoms with E-state index in [4.69, 9.17) is 10.5 Å². The lowest BCUT2D eigenvalue weighted by molar-refractivity contribution is -0.121. The molecule has 0 aliphatic heterocycles. The smallest absolute Gasteiger partial charge is 0.223 e. The van der Waals surface area contributed by atoms with Crippen LogP contribution in [0.2, 0.25) is 0 Å². The molecule has 1 aromatic carbocycles. The number of benzene rings is 1. The summed E-state index contributed by atoms with van der Waals surface area (Å²) in [5.41, 5.74) is 8.48. The van der Waals surface area contributed by atoms with Crippen molar-refractivity contribution in [1.82, 2.24) is 5.32 Å². The van der Waals surface area contributed by atoms with Gasteiger partial charge in [0, 0.05) is 12.6 Å². The SMILES string of the molecule is CCNC(=O)CCOc1ccc2c(c1)CCC2N. The number of carbonyl (C=O) groups is 1. The lowest BCUT2D eigenvalue weighted by atomic mass is 10.1. The molecule has 1 aromatic rings. The molecule has 0 heterocycles. The van der Waals surface area contributed by atoms with Gasteiger partial charge in [0.1, 0.15) is 5.75 Å². The Hall–Kier alpha value is -1.55. The molecule has 4 nitrogen and oxygen atoms in total. The number of hydrogen-bond acceptors (Lipinski definition) is 3. The van der Waals surface area contributed by atoms with E-state index in [1.54, 1.807) is 0 Å². The third-order valence-electron chi connectivity index (χ3n) is 3.21. The Morgan fingerprint density at radius 2 is 2.39 bits per heavy atom. The molecule has 4 heteroatoms. The summed E-state index contributed by atoms with van der Waals surface area (Å²) in [7, 11) is 0. The predicted molar refractivity (Wildman–Crippen MR) is 70.5 cm³/mol. The minimum Gasteiger partial charge on any atom is -0.493 e. The van der Waals surface area contributed by atoms with Crippen molar-refractivity contribution < 1.29 is 9.53 Å². The van der Waals surface area contributed by atoms with Gasteiger partial charge in [0.25, 0.3) is 0 Å². The van der Waals surface area contributed by atoms with E-state index in [0.29, 0.717) is 19.6 Å². The van der Waals surface area contributed by atoms with Crippen molar-refractivity contribution in [2.24, 2.45) is 5.73 Å². The van der Waals surface area contributed by atoms with Gasteiger partial charge in [-0.3, -0.25) is 4.79 Å². The third-order valence-corrected chi connectivity index (χ3v) is 3.21. The van der Waals surface area contributed by atoms with E-state index in [0.717, 1.165) is 18.6 Å². The van der Waals surface area contributed by atoms with Crippen molar-refractivity contribution in [3.05, 3.63) is 29.3 Å². The van der Waals surface area contributed by atoms with Crippen LogP contribution >= 0.6 is 0 Å². The van der Waals surface area contributed by atoms with Gasteiger partial charge >= 0.3 is 0 Å². The highest BCUT2D eigenvalue weighted by Crippen LogP contribution is 2.31. The maximum absolute atomic E-state index is 11.3. The first-order valence-corrected chi connectivity index (χ1v) is 6.48. The monoisotopic (exact) mass is 248 g/mol. The normalized spacial score (nSPS) is 17.3. The molecule has 0 fully saturated rings. The lowest BCUT2D eigenvalue weighted by Crippen LogP contribution is -2.24. The summed E-state index contributed by atoms with van der Waals surface area (Å²) in [6.07, 6.45) is 2.42. The number of nitrogens with two attached hydrogens (primary N) is 1. The number of nitrogens with one attached hydrogen (secondary N) is 1. The molecule has 18 heavy (non-hydrogen) atoms. The molecule has 3 N–H and O–H groups in total. The van der Waals surface area contributed by atoms with E-state index in [-0.39, 0.29) is 11.9 Å². The molecule has 1 unspecified atom stereocenters. The fourth-order valence-electron chi connectivity index (χ4n) is 2.26. The summed E-state index contributed by atoms with van der Waals surface area (Å²) in [6.45, 7) is 2.98. The molecule has 1 atom stereocenters. The van der Waals surface area contributed by atoms with Crippen LogP contribution < -0.4 is 15.8 Å². The Labute approximate surface area is 108 Å². The third kappa shape index (κ3) is 3.01. The lowest BCUT2D eigenvalue weighted by Gasteiger charge is -2.09. The summed E-state index contributed by atoms with van der Waals surface area (Å²) in [4.78, 5) is 11.3. The fraction of sp³-hybridized carbons (Fsp3) is 0.500. The molecule has 0 radical (unpaired) electrons. The van der Waals surface area contributed by atoms with Crippen molar-refractivity contribution in [2.75, 3.05) is 13.2 Å². The zero-order valence-corrected chi connectivity index (χ0v) is 10.7. The van der Waals surface area contributed by atoms with E-state index in [9.17, 15) is 4.79 Å². The van der Waals surface area contributed by atoms with Crippen LogP contribution in [0, 0.1) is 0 Å². The molecule has 0 spiro atoms. The van der Waals surface area contributed by atoms with Crippen LogP contribution in [0.3, 0.4) is 0 Å². The summed E-state index contributed by atoms with van der Waals surface area (Å²) < 4.78 is 5.58. The maximum Gasteiger partial charge on any atom is 0.223 e. The van der Waals surface area contributed by atoms with Crippen LogP contribution in [0.4, 0.5) is 0 Å². The number of fused-ring (bicyclic) bond motifs is 1. The van der Waals surface area contributed by atoms with Crippen LogP contribution in [0.5, 0.6) is 5.75 Å². The molecule has 1 aliphatic rings. The van der Waals surface area contributed by atoms with Crippen LogP contribution in [-0.2, 0) is 11.2 Å². The van der Waals surface area contributed by atoms with Gasteiger partial charge in [-0.15, -0.1) is 0 Å². The molecule has 0 aromatic heterocycles. The van der Waals surface area contributed by atoms with Crippen molar-refractivity contribution in [2.45, 2.75) is 32.2 Å².